The standard InChI is InChI=1S/C20H18ClN3O3/c1-13-11-17(25)19(23-24(13)16-9-7-15(21)8-10-16)20(26)22-12-14-5-3-4-6-18(14)27-2/h3-11H,12H2,1-2H3,(H,22,26). The zero-order valence-electron chi connectivity index (χ0n) is 14.9. The molecule has 0 spiro atoms. The highest BCUT2D eigenvalue weighted by atomic mass is 35.5. The number of nitrogens with one attached hydrogen (secondary N) is 1. The number of carbonyl (C=O) groups is 1. The second kappa shape index (κ2) is 8.05. The number of aryl methyl sites for hydroxylation is 1. The van der Waals surface area contributed by atoms with Gasteiger partial charge in [-0.2, -0.15) is 5.10 Å². The molecule has 1 aromatic heterocycles. The van der Waals surface area contributed by atoms with Crippen molar-refractivity contribution in [3.8, 4) is 11.4 Å². The number of ether oxygens (including phenoxy) is 1. The van der Waals surface area contributed by atoms with Crippen LogP contribution in [0.15, 0.2) is 59.4 Å². The van der Waals surface area contributed by atoms with E-state index < -0.39 is 11.3 Å². The lowest BCUT2D eigenvalue weighted by Gasteiger charge is -2.12. The third-order valence-corrected chi connectivity index (χ3v) is 4.28. The van der Waals surface area contributed by atoms with Gasteiger partial charge in [-0.25, -0.2) is 4.68 Å². The van der Waals surface area contributed by atoms with E-state index in [0.717, 1.165) is 5.56 Å². The predicted molar refractivity (Wildman–Crippen MR) is 104 cm³/mol. The van der Waals surface area contributed by atoms with Crippen molar-refractivity contribution < 1.29 is 9.53 Å². The number of methoxy groups -OCH3 is 1. The van der Waals surface area contributed by atoms with Gasteiger partial charge in [0.15, 0.2) is 5.69 Å². The molecule has 0 radical (unpaired) electrons. The summed E-state index contributed by atoms with van der Waals surface area (Å²) in [6, 6.07) is 15.7. The summed E-state index contributed by atoms with van der Waals surface area (Å²) < 4.78 is 6.80. The smallest absolute Gasteiger partial charge is 0.276 e. The lowest BCUT2D eigenvalue weighted by Crippen LogP contribution is -2.31. The van der Waals surface area contributed by atoms with Crippen LogP contribution in [-0.4, -0.2) is 22.8 Å². The van der Waals surface area contributed by atoms with Crippen LogP contribution in [-0.2, 0) is 6.54 Å². The molecule has 0 aliphatic rings. The summed E-state index contributed by atoms with van der Waals surface area (Å²) in [6.45, 7) is 1.97. The van der Waals surface area contributed by atoms with E-state index >= 15 is 0 Å². The minimum absolute atomic E-state index is 0.176. The number of rotatable bonds is 5. The topological polar surface area (TPSA) is 73.2 Å². The number of amides is 1. The van der Waals surface area contributed by atoms with Gasteiger partial charge < -0.3 is 10.1 Å². The molecule has 0 bridgehead atoms. The van der Waals surface area contributed by atoms with Gasteiger partial charge in [0.05, 0.1) is 12.8 Å². The summed E-state index contributed by atoms with van der Waals surface area (Å²) in [7, 11) is 1.56. The molecule has 2 aromatic carbocycles. The van der Waals surface area contributed by atoms with Crippen LogP contribution in [0, 0.1) is 6.92 Å². The Morgan fingerprint density at radius 2 is 1.89 bits per heavy atom. The van der Waals surface area contributed by atoms with Crippen LogP contribution in [0.2, 0.25) is 5.02 Å². The summed E-state index contributed by atoms with van der Waals surface area (Å²) in [5.41, 5.74) is 1.51. The van der Waals surface area contributed by atoms with Gasteiger partial charge in [-0.05, 0) is 37.3 Å². The third kappa shape index (κ3) is 4.17. The fraction of sp³-hybridized carbons (Fsp3) is 0.150. The summed E-state index contributed by atoms with van der Waals surface area (Å²) in [5, 5.41) is 7.56. The number of halogens is 1. The first-order valence-corrected chi connectivity index (χ1v) is 8.64. The van der Waals surface area contributed by atoms with Crippen LogP contribution >= 0.6 is 11.6 Å². The summed E-state index contributed by atoms with van der Waals surface area (Å²) in [4.78, 5) is 24.8. The molecule has 3 aromatic rings. The molecule has 1 amide bonds. The maximum atomic E-state index is 12.5. The predicted octanol–water partition coefficient (Wildman–Crippen LogP) is 3.13. The van der Waals surface area contributed by atoms with E-state index in [1.807, 2.05) is 18.2 Å². The number of hydrogen-bond donors (Lipinski definition) is 1. The second-order valence-corrected chi connectivity index (χ2v) is 6.32. The van der Waals surface area contributed by atoms with E-state index in [1.54, 1.807) is 44.4 Å². The average molecular weight is 384 g/mol. The molecule has 0 aliphatic carbocycles. The van der Waals surface area contributed by atoms with Gasteiger partial charge in [-0.1, -0.05) is 29.8 Å². The highest BCUT2D eigenvalue weighted by molar-refractivity contribution is 6.30. The third-order valence-electron chi connectivity index (χ3n) is 4.03. The molecule has 0 saturated heterocycles. The molecule has 0 fully saturated rings. The van der Waals surface area contributed by atoms with E-state index in [-0.39, 0.29) is 12.2 Å². The Kier molecular flexibility index (Phi) is 5.57. The molecule has 27 heavy (non-hydrogen) atoms. The number of nitrogens with zero attached hydrogens (tertiary/aromatic N) is 2. The monoisotopic (exact) mass is 383 g/mol. The van der Waals surface area contributed by atoms with Crippen LogP contribution in [0.3, 0.4) is 0 Å². The largest absolute Gasteiger partial charge is 0.496 e. The maximum absolute atomic E-state index is 12.5. The molecule has 1 N–H and O–H groups in total. The van der Waals surface area contributed by atoms with Gasteiger partial charge in [-0.15, -0.1) is 0 Å². The minimum Gasteiger partial charge on any atom is -0.496 e. The second-order valence-electron chi connectivity index (χ2n) is 5.88. The number of para-hydroxylation sites is 1. The van der Waals surface area contributed by atoms with Crippen molar-refractivity contribution >= 4 is 17.5 Å². The number of aromatic nitrogens is 2. The highest BCUT2D eigenvalue weighted by Gasteiger charge is 2.15. The van der Waals surface area contributed by atoms with Gasteiger partial charge in [0.2, 0.25) is 5.43 Å². The number of hydrogen-bond acceptors (Lipinski definition) is 4. The van der Waals surface area contributed by atoms with Crippen LogP contribution in [0.5, 0.6) is 5.75 Å². The Morgan fingerprint density at radius 3 is 2.59 bits per heavy atom. The normalized spacial score (nSPS) is 10.5. The molecule has 0 atom stereocenters. The summed E-state index contributed by atoms with van der Waals surface area (Å²) in [6.07, 6.45) is 0. The molecular weight excluding hydrogens is 366 g/mol. The zero-order valence-corrected chi connectivity index (χ0v) is 15.7. The molecule has 3 rings (SSSR count). The van der Waals surface area contributed by atoms with Crippen LogP contribution < -0.4 is 15.5 Å². The molecule has 7 heteroatoms. The fourth-order valence-electron chi connectivity index (χ4n) is 2.66. The fourth-order valence-corrected chi connectivity index (χ4v) is 2.78. The minimum atomic E-state index is -0.548. The summed E-state index contributed by atoms with van der Waals surface area (Å²) in [5.74, 6) is 0.113. The zero-order chi connectivity index (χ0) is 19.4. The van der Waals surface area contributed by atoms with Gasteiger partial charge >= 0.3 is 0 Å². The number of benzene rings is 2. The van der Waals surface area contributed by atoms with Crippen LogP contribution in [0.25, 0.3) is 5.69 Å². The van der Waals surface area contributed by atoms with Crippen molar-refractivity contribution in [3.63, 3.8) is 0 Å². The molecule has 0 saturated carbocycles. The van der Waals surface area contributed by atoms with E-state index in [0.29, 0.717) is 22.2 Å². The van der Waals surface area contributed by atoms with Crippen LogP contribution in [0.4, 0.5) is 0 Å². The van der Waals surface area contributed by atoms with E-state index in [1.165, 1.54) is 10.7 Å². The highest BCUT2D eigenvalue weighted by Crippen LogP contribution is 2.17. The Labute approximate surface area is 161 Å². The SMILES string of the molecule is COc1ccccc1CNC(=O)c1nn(-c2ccc(Cl)cc2)c(C)cc1=O. The molecule has 0 aliphatic heterocycles. The number of carbonyl (C=O) groups excluding carboxylic acids is 1. The Hall–Kier alpha value is -3.12. The lowest BCUT2D eigenvalue weighted by molar-refractivity contribution is 0.0942. The van der Waals surface area contributed by atoms with E-state index in [4.69, 9.17) is 16.3 Å². The van der Waals surface area contributed by atoms with Crippen molar-refractivity contribution in [2.45, 2.75) is 13.5 Å². The first-order chi connectivity index (χ1) is 13.0. The first kappa shape index (κ1) is 18.7. The average Bonchev–Trinajstić information content (AvgIpc) is 2.67. The van der Waals surface area contributed by atoms with Gasteiger partial charge in [0.1, 0.15) is 5.75 Å². The van der Waals surface area contributed by atoms with Crippen molar-refractivity contribution in [2.75, 3.05) is 7.11 Å². The summed E-state index contributed by atoms with van der Waals surface area (Å²) >= 11 is 5.92. The molecule has 6 nitrogen and oxygen atoms in total. The molecule has 1 heterocycles. The molecular formula is C20H18ClN3O3. The van der Waals surface area contributed by atoms with Gasteiger partial charge in [-0.3, -0.25) is 9.59 Å². The van der Waals surface area contributed by atoms with Crippen LogP contribution in [0.1, 0.15) is 21.7 Å². The van der Waals surface area contributed by atoms with E-state index in [9.17, 15) is 9.59 Å². The molecule has 138 valence electrons. The molecule has 0 unspecified atom stereocenters. The van der Waals surface area contributed by atoms with Crippen molar-refractivity contribution in [2.24, 2.45) is 0 Å². The first-order valence-electron chi connectivity index (χ1n) is 8.26. The Morgan fingerprint density at radius 1 is 1.19 bits per heavy atom. The Balaban J connectivity index is 1.87. The van der Waals surface area contributed by atoms with Crippen molar-refractivity contribution in [1.29, 1.82) is 0 Å². The quantitative estimate of drug-likeness (QED) is 0.734. The lowest BCUT2D eigenvalue weighted by atomic mass is 10.2. The Bertz CT molecular complexity index is 1030. The van der Waals surface area contributed by atoms with Gasteiger partial charge in [0.25, 0.3) is 5.91 Å². The van der Waals surface area contributed by atoms with Crippen molar-refractivity contribution in [1.82, 2.24) is 15.1 Å². The van der Waals surface area contributed by atoms with Crippen molar-refractivity contribution in [3.05, 3.63) is 86.8 Å². The maximum Gasteiger partial charge on any atom is 0.276 e. The van der Waals surface area contributed by atoms with E-state index in [2.05, 4.69) is 10.4 Å². The van der Waals surface area contributed by atoms with Gasteiger partial charge in [0, 0.05) is 28.9 Å².